The van der Waals surface area contributed by atoms with Crippen LogP contribution in [0.4, 0.5) is 0 Å². The topological polar surface area (TPSA) is 117 Å². The third kappa shape index (κ3) is 2.48. The molecule has 1 saturated carbocycles. The van der Waals surface area contributed by atoms with Gasteiger partial charge in [0, 0.05) is 6.04 Å². The summed E-state index contributed by atoms with van der Waals surface area (Å²) >= 11 is 0. The van der Waals surface area contributed by atoms with Gasteiger partial charge in [-0.3, -0.25) is 0 Å². The molecule has 0 aliphatic heterocycles. The number of carbonyl (C=O) groups is 1. The fourth-order valence-corrected chi connectivity index (χ4v) is 2.74. The number of nitrogens with one attached hydrogen (secondary N) is 1. The van der Waals surface area contributed by atoms with E-state index in [0.717, 1.165) is 12.1 Å². The Morgan fingerprint density at radius 1 is 1.41 bits per heavy atom. The van der Waals surface area contributed by atoms with E-state index in [9.17, 15) is 13.2 Å². The van der Waals surface area contributed by atoms with Crippen molar-refractivity contribution < 1.29 is 27.8 Å². The van der Waals surface area contributed by atoms with Gasteiger partial charge in [0.05, 0.1) is 6.10 Å². The highest BCUT2D eigenvalue weighted by molar-refractivity contribution is 7.89. The molecule has 17 heavy (non-hydrogen) atoms. The summed E-state index contributed by atoms with van der Waals surface area (Å²) in [4.78, 5) is 10.5. The molecule has 1 heterocycles. The van der Waals surface area contributed by atoms with E-state index in [0.29, 0.717) is 12.8 Å². The highest BCUT2D eigenvalue weighted by Crippen LogP contribution is 2.22. The fraction of sp³-hybridized carbons (Fsp3) is 0.444. The summed E-state index contributed by atoms with van der Waals surface area (Å²) < 4.78 is 30.4. The second kappa shape index (κ2) is 4.13. The average molecular weight is 261 g/mol. The standard InChI is InChI=1S/C9H11NO6S/c11-6-3-5(4-6)10-17(14,15)8-2-1-7(16-8)9(12)13/h1-2,5-6,10-11H,3-4H2,(H,12,13). The number of aliphatic hydroxyl groups is 1. The summed E-state index contributed by atoms with van der Waals surface area (Å²) in [6, 6.07) is 1.83. The Kier molecular flexibility index (Phi) is 2.94. The first-order chi connectivity index (χ1) is 7.88. The van der Waals surface area contributed by atoms with Crippen LogP contribution in [0.2, 0.25) is 0 Å². The lowest BCUT2D eigenvalue weighted by atomic mass is 9.91. The molecule has 0 aromatic carbocycles. The van der Waals surface area contributed by atoms with Gasteiger partial charge in [0.1, 0.15) is 0 Å². The van der Waals surface area contributed by atoms with Gasteiger partial charge in [0.15, 0.2) is 0 Å². The first-order valence-corrected chi connectivity index (χ1v) is 6.40. The van der Waals surface area contributed by atoms with Crippen LogP contribution in [0, 0.1) is 0 Å². The number of carboxylic acids is 1. The van der Waals surface area contributed by atoms with Crippen molar-refractivity contribution in [1.82, 2.24) is 4.72 Å². The van der Waals surface area contributed by atoms with Crippen LogP contribution in [0.5, 0.6) is 0 Å². The van der Waals surface area contributed by atoms with Crippen molar-refractivity contribution in [3.05, 3.63) is 17.9 Å². The quantitative estimate of drug-likeness (QED) is 0.689. The molecule has 1 aromatic heterocycles. The Morgan fingerprint density at radius 2 is 2.06 bits per heavy atom. The van der Waals surface area contributed by atoms with Crippen molar-refractivity contribution >= 4 is 16.0 Å². The summed E-state index contributed by atoms with van der Waals surface area (Å²) in [5.74, 6) is -1.76. The van der Waals surface area contributed by atoms with E-state index in [1.807, 2.05) is 0 Å². The SMILES string of the molecule is O=C(O)c1ccc(S(=O)(=O)NC2CC(O)C2)o1. The predicted octanol–water partition coefficient (Wildman–Crippen LogP) is -0.221. The zero-order chi connectivity index (χ0) is 12.6. The highest BCUT2D eigenvalue weighted by atomic mass is 32.2. The molecule has 8 heteroatoms. The van der Waals surface area contributed by atoms with E-state index in [1.54, 1.807) is 0 Å². The van der Waals surface area contributed by atoms with Crippen molar-refractivity contribution in [2.45, 2.75) is 30.1 Å². The summed E-state index contributed by atoms with van der Waals surface area (Å²) in [5, 5.41) is 17.2. The van der Waals surface area contributed by atoms with E-state index < -0.39 is 32.9 Å². The van der Waals surface area contributed by atoms with Crippen molar-refractivity contribution in [2.75, 3.05) is 0 Å². The average Bonchev–Trinajstić information content (AvgIpc) is 2.64. The molecule has 0 bridgehead atoms. The lowest BCUT2D eigenvalue weighted by Gasteiger charge is -2.31. The molecule has 0 amide bonds. The Balaban J connectivity index is 2.11. The van der Waals surface area contributed by atoms with Gasteiger partial charge >= 0.3 is 5.97 Å². The Bertz CT molecular complexity index is 527. The number of aliphatic hydroxyl groups excluding tert-OH is 1. The van der Waals surface area contributed by atoms with Crippen molar-refractivity contribution in [1.29, 1.82) is 0 Å². The number of carboxylic acid groups (broad SMARTS) is 1. The minimum atomic E-state index is -3.85. The summed E-state index contributed by atoms with van der Waals surface area (Å²) in [6.45, 7) is 0. The molecule has 3 N–H and O–H groups in total. The van der Waals surface area contributed by atoms with Gasteiger partial charge in [0.25, 0.3) is 10.0 Å². The summed E-state index contributed by atoms with van der Waals surface area (Å²) in [6.07, 6.45) is 0.228. The van der Waals surface area contributed by atoms with Gasteiger partial charge in [0.2, 0.25) is 10.9 Å². The van der Waals surface area contributed by atoms with E-state index in [2.05, 4.69) is 4.72 Å². The fourth-order valence-electron chi connectivity index (χ4n) is 1.54. The third-order valence-corrected chi connectivity index (χ3v) is 3.88. The van der Waals surface area contributed by atoms with Crippen molar-refractivity contribution in [3.8, 4) is 0 Å². The van der Waals surface area contributed by atoms with Crippen LogP contribution in [0.3, 0.4) is 0 Å². The smallest absolute Gasteiger partial charge is 0.371 e. The second-order valence-electron chi connectivity index (χ2n) is 3.87. The molecule has 94 valence electrons. The number of rotatable bonds is 4. The Labute approximate surface area is 97.1 Å². The van der Waals surface area contributed by atoms with Crippen LogP contribution < -0.4 is 4.72 Å². The van der Waals surface area contributed by atoms with Crippen LogP contribution in [0.25, 0.3) is 0 Å². The van der Waals surface area contributed by atoms with Crippen LogP contribution in [-0.4, -0.2) is 36.7 Å². The van der Waals surface area contributed by atoms with Crippen molar-refractivity contribution in [2.24, 2.45) is 0 Å². The van der Waals surface area contributed by atoms with Gasteiger partial charge < -0.3 is 14.6 Å². The van der Waals surface area contributed by atoms with Crippen LogP contribution in [0.1, 0.15) is 23.4 Å². The second-order valence-corrected chi connectivity index (χ2v) is 5.51. The molecule has 0 spiro atoms. The molecule has 0 radical (unpaired) electrons. The lowest BCUT2D eigenvalue weighted by Crippen LogP contribution is -2.46. The molecule has 2 rings (SSSR count). The number of sulfonamides is 1. The molecule has 1 fully saturated rings. The maximum absolute atomic E-state index is 11.7. The van der Waals surface area contributed by atoms with E-state index in [-0.39, 0.29) is 6.04 Å². The minimum Gasteiger partial charge on any atom is -0.475 e. The maximum atomic E-state index is 11.7. The Morgan fingerprint density at radius 3 is 2.53 bits per heavy atom. The van der Waals surface area contributed by atoms with Crippen molar-refractivity contribution in [3.63, 3.8) is 0 Å². The molecule has 7 nitrogen and oxygen atoms in total. The van der Waals surface area contributed by atoms with Gasteiger partial charge in [-0.25, -0.2) is 17.9 Å². The van der Waals surface area contributed by atoms with Gasteiger partial charge in [-0.1, -0.05) is 0 Å². The van der Waals surface area contributed by atoms with E-state index >= 15 is 0 Å². The highest BCUT2D eigenvalue weighted by Gasteiger charge is 2.32. The number of hydrogen-bond acceptors (Lipinski definition) is 5. The molecule has 1 aromatic rings. The first kappa shape index (κ1) is 12.1. The zero-order valence-corrected chi connectivity index (χ0v) is 9.48. The molecular formula is C9H11NO6S. The van der Waals surface area contributed by atoms with Crippen LogP contribution in [0.15, 0.2) is 21.6 Å². The molecule has 0 atom stereocenters. The first-order valence-electron chi connectivity index (χ1n) is 4.92. The van der Waals surface area contributed by atoms with Crippen LogP contribution in [-0.2, 0) is 10.0 Å². The number of furan rings is 1. The number of aromatic carboxylic acids is 1. The monoisotopic (exact) mass is 261 g/mol. The maximum Gasteiger partial charge on any atom is 0.371 e. The normalized spacial score (nSPS) is 24.3. The van der Waals surface area contributed by atoms with E-state index in [1.165, 1.54) is 0 Å². The lowest BCUT2D eigenvalue weighted by molar-refractivity contribution is 0.0656. The molecule has 1 aliphatic rings. The van der Waals surface area contributed by atoms with Gasteiger partial charge in [-0.05, 0) is 25.0 Å². The number of hydrogen-bond donors (Lipinski definition) is 3. The predicted molar refractivity (Wildman–Crippen MR) is 55.0 cm³/mol. The summed E-state index contributed by atoms with van der Waals surface area (Å²) in [7, 11) is -3.85. The summed E-state index contributed by atoms with van der Waals surface area (Å²) in [5.41, 5.74) is 0. The largest absolute Gasteiger partial charge is 0.475 e. The third-order valence-electron chi connectivity index (χ3n) is 2.49. The molecule has 0 unspecified atom stereocenters. The van der Waals surface area contributed by atoms with Crippen LogP contribution >= 0.6 is 0 Å². The van der Waals surface area contributed by atoms with Gasteiger partial charge in [-0.2, -0.15) is 0 Å². The molecule has 0 saturated heterocycles. The van der Waals surface area contributed by atoms with Gasteiger partial charge in [-0.15, -0.1) is 0 Å². The molecular weight excluding hydrogens is 250 g/mol. The van der Waals surface area contributed by atoms with E-state index in [4.69, 9.17) is 14.6 Å². The Hall–Kier alpha value is -1.38. The minimum absolute atomic E-state index is 0.326. The molecule has 1 aliphatic carbocycles. The zero-order valence-electron chi connectivity index (χ0n) is 8.66.